The van der Waals surface area contributed by atoms with Crippen LogP contribution in [0, 0.1) is 6.92 Å². The van der Waals surface area contributed by atoms with Crippen molar-refractivity contribution in [3.05, 3.63) is 78.9 Å². The van der Waals surface area contributed by atoms with Crippen LogP contribution in [0.4, 0.5) is 21.9 Å². The molecule has 7 N–H and O–H groups in total. The number of aromatic amines is 1. The molecule has 4 heterocycles. The molecule has 0 aliphatic rings. The molecule has 0 bridgehead atoms. The van der Waals surface area contributed by atoms with E-state index in [1.165, 1.54) is 17.0 Å². The third-order valence-corrected chi connectivity index (χ3v) is 5.99. The molecule has 0 saturated heterocycles. The molecule has 6 rings (SSSR count). The first-order chi connectivity index (χ1) is 19.5. The fraction of sp³-hybridized carbons (Fsp3) is 0.167. The van der Waals surface area contributed by atoms with E-state index in [2.05, 4.69) is 24.9 Å². The summed E-state index contributed by atoms with van der Waals surface area (Å²) in [6.45, 7) is 7.50. The Morgan fingerprint density at radius 1 is 0.780 bits per heavy atom. The highest BCUT2D eigenvalue weighted by molar-refractivity contribution is 5.95. The summed E-state index contributed by atoms with van der Waals surface area (Å²) in [5.41, 5.74) is 22.4. The molecule has 6 aromatic rings. The second-order valence-corrected chi connectivity index (χ2v) is 10.6. The molecule has 0 amide bonds. The van der Waals surface area contributed by atoms with Crippen molar-refractivity contribution in [1.82, 2.24) is 29.5 Å². The summed E-state index contributed by atoms with van der Waals surface area (Å²) in [5, 5.41) is 1.97. The number of benzene rings is 2. The van der Waals surface area contributed by atoms with Gasteiger partial charge in [0.15, 0.2) is 11.6 Å². The molecule has 0 fully saturated rings. The molecular weight excluding hydrogens is 518 g/mol. The van der Waals surface area contributed by atoms with Gasteiger partial charge in [-0.15, -0.1) is 0 Å². The lowest BCUT2D eigenvalue weighted by molar-refractivity contribution is 0.0547. The molecule has 0 unspecified atom stereocenters. The van der Waals surface area contributed by atoms with Crippen LogP contribution in [0.15, 0.2) is 73.3 Å². The Kier molecular flexibility index (Phi) is 7.02. The summed E-state index contributed by atoms with van der Waals surface area (Å²) >= 11 is 0. The van der Waals surface area contributed by atoms with Crippen LogP contribution < -0.4 is 17.2 Å². The van der Waals surface area contributed by atoms with Gasteiger partial charge >= 0.3 is 6.09 Å². The number of aryl methyl sites for hydroxylation is 1. The molecule has 208 valence electrons. The number of hydrogen-bond donors (Lipinski definition) is 4. The number of carbonyl (C=O) groups excluding carboxylic acids is 1. The third kappa shape index (κ3) is 6.09. The second-order valence-electron chi connectivity index (χ2n) is 10.6. The number of nitrogens with one attached hydrogen (secondary N) is 1. The van der Waals surface area contributed by atoms with Crippen molar-refractivity contribution in [1.29, 1.82) is 0 Å². The Morgan fingerprint density at radius 3 is 2.05 bits per heavy atom. The summed E-state index contributed by atoms with van der Waals surface area (Å²) in [6, 6.07) is 15.4. The van der Waals surface area contributed by atoms with Gasteiger partial charge in [-0.2, -0.15) is 0 Å². The quantitative estimate of drug-likeness (QED) is 0.201. The monoisotopic (exact) mass is 549 g/mol. The number of rotatable bonds is 2. The van der Waals surface area contributed by atoms with Crippen molar-refractivity contribution in [2.24, 2.45) is 0 Å². The van der Waals surface area contributed by atoms with Crippen molar-refractivity contribution in [3.63, 3.8) is 0 Å². The number of ether oxygens (including phenoxy) is 1. The van der Waals surface area contributed by atoms with Gasteiger partial charge in [0.05, 0.1) is 53.1 Å². The number of carbonyl (C=O) groups is 1. The summed E-state index contributed by atoms with van der Waals surface area (Å²) in [4.78, 5) is 32.8. The molecule has 41 heavy (non-hydrogen) atoms. The highest BCUT2D eigenvalue weighted by Crippen LogP contribution is 2.28. The summed E-state index contributed by atoms with van der Waals surface area (Å²) in [7, 11) is 0. The SMILES string of the molecule is Cc1ccc2c(c1)cc(-c1ncc(N)cn1)n2C(=O)OC(C)(C)C.Nc1cnc(-c2cc3cc(N)ccc3[nH]2)nc1. The molecule has 0 atom stereocenters. The average Bonchev–Trinajstić information content (AvgIpc) is 3.50. The largest absolute Gasteiger partial charge is 0.443 e. The normalized spacial score (nSPS) is 11.3. The van der Waals surface area contributed by atoms with E-state index in [4.69, 9.17) is 21.9 Å². The van der Waals surface area contributed by atoms with Crippen molar-refractivity contribution < 1.29 is 9.53 Å². The maximum Gasteiger partial charge on any atom is 0.419 e. The van der Waals surface area contributed by atoms with Gasteiger partial charge in [0, 0.05) is 22.0 Å². The topological polar surface area (TPSA) is 177 Å². The third-order valence-electron chi connectivity index (χ3n) is 5.99. The van der Waals surface area contributed by atoms with E-state index in [9.17, 15) is 4.79 Å². The predicted octanol–water partition coefficient (Wildman–Crippen LogP) is 5.56. The van der Waals surface area contributed by atoms with Crippen LogP contribution in [0.1, 0.15) is 26.3 Å². The van der Waals surface area contributed by atoms with Crippen LogP contribution in [0.2, 0.25) is 0 Å². The Hall–Kier alpha value is -5.45. The van der Waals surface area contributed by atoms with Crippen molar-refractivity contribution in [3.8, 4) is 23.0 Å². The molecule has 0 spiro atoms. The van der Waals surface area contributed by atoms with E-state index in [0.717, 1.165) is 38.8 Å². The van der Waals surface area contributed by atoms with E-state index in [1.807, 2.05) is 76.2 Å². The average molecular weight is 550 g/mol. The predicted molar refractivity (Wildman–Crippen MR) is 162 cm³/mol. The molecule has 11 heteroatoms. The molecular formula is C30H31N9O2. The van der Waals surface area contributed by atoms with Crippen molar-refractivity contribution >= 4 is 45.0 Å². The number of nitrogens with two attached hydrogens (primary N) is 3. The molecule has 11 nitrogen and oxygen atoms in total. The molecule has 0 saturated carbocycles. The number of nitrogen functional groups attached to an aromatic ring is 3. The number of hydrogen-bond acceptors (Lipinski definition) is 9. The number of aromatic nitrogens is 6. The summed E-state index contributed by atoms with van der Waals surface area (Å²) in [6.07, 6.45) is 5.75. The van der Waals surface area contributed by atoms with Gasteiger partial charge < -0.3 is 26.9 Å². The molecule has 0 aliphatic carbocycles. The lowest BCUT2D eigenvalue weighted by atomic mass is 10.2. The van der Waals surface area contributed by atoms with Gasteiger partial charge in [-0.3, -0.25) is 0 Å². The van der Waals surface area contributed by atoms with Gasteiger partial charge in [0.1, 0.15) is 5.60 Å². The van der Waals surface area contributed by atoms with Crippen LogP contribution in [0.25, 0.3) is 44.8 Å². The van der Waals surface area contributed by atoms with Crippen LogP contribution in [-0.4, -0.2) is 41.2 Å². The lowest BCUT2D eigenvalue weighted by Crippen LogP contribution is -2.27. The van der Waals surface area contributed by atoms with Crippen molar-refractivity contribution in [2.45, 2.75) is 33.3 Å². The van der Waals surface area contributed by atoms with E-state index in [1.54, 1.807) is 12.4 Å². The summed E-state index contributed by atoms with van der Waals surface area (Å²) < 4.78 is 7.06. The highest BCUT2D eigenvalue weighted by atomic mass is 16.6. The van der Waals surface area contributed by atoms with Gasteiger partial charge in [0.2, 0.25) is 0 Å². The van der Waals surface area contributed by atoms with E-state index in [-0.39, 0.29) is 0 Å². The van der Waals surface area contributed by atoms with Gasteiger partial charge in [0.25, 0.3) is 0 Å². The molecule has 2 aromatic carbocycles. The first-order valence-electron chi connectivity index (χ1n) is 12.9. The molecule has 4 aromatic heterocycles. The van der Waals surface area contributed by atoms with Crippen LogP contribution in [0.5, 0.6) is 0 Å². The van der Waals surface area contributed by atoms with E-state index >= 15 is 0 Å². The number of H-pyrrole nitrogens is 1. The zero-order valence-electron chi connectivity index (χ0n) is 23.2. The Labute approximate surface area is 236 Å². The zero-order chi connectivity index (χ0) is 29.3. The minimum absolute atomic E-state index is 0.420. The van der Waals surface area contributed by atoms with Gasteiger partial charge in [-0.1, -0.05) is 11.6 Å². The number of anilines is 3. The van der Waals surface area contributed by atoms with Crippen LogP contribution >= 0.6 is 0 Å². The van der Waals surface area contributed by atoms with Gasteiger partial charge in [-0.05, 0) is 70.2 Å². The minimum atomic E-state index is -0.600. The number of nitrogens with zero attached hydrogens (tertiary/aromatic N) is 5. The highest BCUT2D eigenvalue weighted by Gasteiger charge is 2.23. The van der Waals surface area contributed by atoms with E-state index in [0.29, 0.717) is 28.7 Å². The minimum Gasteiger partial charge on any atom is -0.443 e. The fourth-order valence-electron chi connectivity index (χ4n) is 4.22. The standard InChI is InChI=1S/C18H20N4O2.C12H11N5/c1-11-5-6-14-12(7-11)8-15(16-20-9-13(19)10-21-16)22(14)17(23)24-18(2,3)4;13-8-1-2-10-7(3-8)4-11(17-10)12-15-5-9(14)6-16-12/h5-10H,19H2,1-4H3;1-6,17H,13-14H2. The summed E-state index contributed by atoms with van der Waals surface area (Å²) in [5.74, 6) is 1.04. The Bertz CT molecular complexity index is 1850. The fourth-order valence-corrected chi connectivity index (χ4v) is 4.22. The first kappa shape index (κ1) is 27.1. The van der Waals surface area contributed by atoms with Gasteiger partial charge in [-0.25, -0.2) is 29.3 Å². The van der Waals surface area contributed by atoms with Crippen LogP contribution in [-0.2, 0) is 4.74 Å². The first-order valence-corrected chi connectivity index (χ1v) is 12.9. The van der Waals surface area contributed by atoms with Crippen molar-refractivity contribution in [2.75, 3.05) is 17.2 Å². The molecule has 0 radical (unpaired) electrons. The number of fused-ring (bicyclic) bond motifs is 2. The maximum atomic E-state index is 12.7. The van der Waals surface area contributed by atoms with E-state index < -0.39 is 11.7 Å². The lowest BCUT2D eigenvalue weighted by Gasteiger charge is -2.20. The molecule has 0 aliphatic heterocycles. The van der Waals surface area contributed by atoms with Crippen LogP contribution in [0.3, 0.4) is 0 Å². The zero-order valence-corrected chi connectivity index (χ0v) is 23.2. The second kappa shape index (κ2) is 10.6. The smallest absolute Gasteiger partial charge is 0.419 e. The Morgan fingerprint density at radius 2 is 1.41 bits per heavy atom. The maximum absolute atomic E-state index is 12.7. The Balaban J connectivity index is 0.000000174.